The van der Waals surface area contributed by atoms with E-state index >= 15 is 0 Å². The van der Waals surface area contributed by atoms with E-state index in [1.165, 1.54) is 16.5 Å². The van der Waals surface area contributed by atoms with Crippen molar-refractivity contribution in [1.82, 2.24) is 4.98 Å². The Labute approximate surface area is 167 Å². The van der Waals surface area contributed by atoms with Gasteiger partial charge in [-0.1, -0.05) is 81.4 Å². The summed E-state index contributed by atoms with van der Waals surface area (Å²) in [5.41, 5.74) is 7.09. The predicted octanol–water partition coefficient (Wildman–Crippen LogP) is 7.25. The number of anilines is 2. The Bertz CT molecular complexity index is 1120. The molecular weight excluding hydrogens is 340 g/mol. The van der Waals surface area contributed by atoms with Crippen LogP contribution in [-0.2, 0) is 5.41 Å². The molecule has 0 unspecified atom stereocenters. The molecule has 0 radical (unpaired) electrons. The van der Waals surface area contributed by atoms with Gasteiger partial charge in [-0.3, -0.25) is 4.98 Å². The monoisotopic (exact) mass is 366 g/mol. The predicted molar refractivity (Wildman–Crippen MR) is 120 cm³/mol. The quantitative estimate of drug-likeness (QED) is 0.413. The molecule has 0 saturated heterocycles. The fourth-order valence-electron chi connectivity index (χ4n) is 3.86. The van der Waals surface area contributed by atoms with Crippen molar-refractivity contribution in [3.8, 4) is 11.3 Å². The highest BCUT2D eigenvalue weighted by Gasteiger charge is 2.16. The van der Waals surface area contributed by atoms with E-state index < -0.39 is 0 Å². The second kappa shape index (κ2) is 7.12. The Hall–Kier alpha value is -3.13. The van der Waals surface area contributed by atoms with Gasteiger partial charge in [0.2, 0.25) is 0 Å². The van der Waals surface area contributed by atoms with Crippen molar-refractivity contribution in [3.05, 3.63) is 90.1 Å². The number of rotatable bonds is 3. The van der Waals surface area contributed by atoms with Gasteiger partial charge in [0.05, 0.1) is 17.6 Å². The van der Waals surface area contributed by atoms with Gasteiger partial charge in [0.25, 0.3) is 0 Å². The van der Waals surface area contributed by atoms with E-state index in [0.29, 0.717) is 0 Å². The maximum atomic E-state index is 4.79. The Morgan fingerprint density at radius 1 is 0.786 bits per heavy atom. The summed E-state index contributed by atoms with van der Waals surface area (Å²) in [7, 11) is 0. The zero-order chi connectivity index (χ0) is 19.7. The average molecular weight is 367 g/mol. The van der Waals surface area contributed by atoms with Crippen LogP contribution < -0.4 is 5.32 Å². The zero-order valence-electron chi connectivity index (χ0n) is 17.0. The molecule has 1 N–H and O–H groups in total. The molecule has 3 aromatic carbocycles. The van der Waals surface area contributed by atoms with E-state index in [9.17, 15) is 0 Å². The molecule has 0 fully saturated rings. The molecule has 1 aromatic heterocycles. The van der Waals surface area contributed by atoms with E-state index in [1.807, 2.05) is 12.3 Å². The van der Waals surface area contributed by atoms with Gasteiger partial charge in [-0.15, -0.1) is 0 Å². The SMILES string of the molecule is Cc1cc(Nc2cnc(-c3ccccc3)c3ccccc23)ccc1C(C)(C)C. The molecule has 140 valence electrons. The average Bonchev–Trinajstić information content (AvgIpc) is 2.68. The van der Waals surface area contributed by atoms with Gasteiger partial charge in [-0.05, 0) is 35.6 Å². The van der Waals surface area contributed by atoms with Crippen LogP contribution in [0.5, 0.6) is 0 Å². The Kier molecular flexibility index (Phi) is 4.64. The normalized spacial score (nSPS) is 11.6. The minimum atomic E-state index is 0.147. The molecule has 0 bridgehead atoms. The number of aryl methyl sites for hydroxylation is 1. The Morgan fingerprint density at radius 3 is 2.14 bits per heavy atom. The molecule has 4 aromatic rings. The van der Waals surface area contributed by atoms with Gasteiger partial charge in [-0.25, -0.2) is 0 Å². The van der Waals surface area contributed by atoms with Crippen molar-refractivity contribution in [2.24, 2.45) is 0 Å². The number of fused-ring (bicyclic) bond motifs is 1. The number of nitrogens with zero attached hydrogens (tertiary/aromatic N) is 1. The van der Waals surface area contributed by atoms with Crippen LogP contribution in [0.2, 0.25) is 0 Å². The van der Waals surface area contributed by atoms with Gasteiger partial charge in [0, 0.05) is 22.0 Å². The van der Waals surface area contributed by atoms with Crippen molar-refractivity contribution < 1.29 is 0 Å². The summed E-state index contributed by atoms with van der Waals surface area (Å²) in [6.45, 7) is 8.94. The summed E-state index contributed by atoms with van der Waals surface area (Å²) in [6, 6.07) is 25.4. The highest BCUT2D eigenvalue weighted by atomic mass is 14.9. The van der Waals surface area contributed by atoms with Crippen molar-refractivity contribution in [2.75, 3.05) is 5.32 Å². The van der Waals surface area contributed by atoms with E-state index in [0.717, 1.165) is 28.0 Å². The molecule has 0 atom stereocenters. The van der Waals surface area contributed by atoms with Crippen LogP contribution in [0.15, 0.2) is 79.0 Å². The third-order valence-corrected chi connectivity index (χ3v) is 5.16. The fraction of sp³-hybridized carbons (Fsp3) is 0.192. The molecule has 28 heavy (non-hydrogen) atoms. The fourth-order valence-corrected chi connectivity index (χ4v) is 3.86. The smallest absolute Gasteiger partial charge is 0.0781 e. The molecule has 2 heteroatoms. The lowest BCUT2D eigenvalue weighted by Gasteiger charge is -2.22. The first kappa shape index (κ1) is 18.2. The van der Waals surface area contributed by atoms with E-state index in [4.69, 9.17) is 4.98 Å². The van der Waals surface area contributed by atoms with Gasteiger partial charge < -0.3 is 5.32 Å². The standard InChI is InChI=1S/C26H26N2/c1-18-16-20(14-15-23(18)26(2,3)4)28-24-17-27-25(19-10-6-5-7-11-19)22-13-9-8-12-21(22)24/h5-17,28H,1-4H3. The van der Waals surface area contributed by atoms with Gasteiger partial charge in [0.15, 0.2) is 0 Å². The molecule has 0 spiro atoms. The Morgan fingerprint density at radius 2 is 1.46 bits per heavy atom. The number of hydrogen-bond donors (Lipinski definition) is 1. The number of benzene rings is 3. The van der Waals surface area contributed by atoms with E-state index in [2.05, 4.69) is 99.7 Å². The summed E-state index contributed by atoms with van der Waals surface area (Å²) in [5, 5.41) is 5.91. The second-order valence-corrected chi connectivity index (χ2v) is 8.34. The van der Waals surface area contributed by atoms with Crippen LogP contribution in [0.4, 0.5) is 11.4 Å². The van der Waals surface area contributed by atoms with E-state index in [1.54, 1.807) is 0 Å². The highest BCUT2D eigenvalue weighted by molar-refractivity contribution is 6.02. The number of hydrogen-bond acceptors (Lipinski definition) is 2. The lowest BCUT2D eigenvalue weighted by atomic mass is 9.84. The minimum absolute atomic E-state index is 0.147. The number of aromatic nitrogens is 1. The van der Waals surface area contributed by atoms with Gasteiger partial charge >= 0.3 is 0 Å². The molecule has 2 nitrogen and oxygen atoms in total. The van der Waals surface area contributed by atoms with Crippen molar-refractivity contribution in [1.29, 1.82) is 0 Å². The first-order valence-electron chi connectivity index (χ1n) is 9.75. The summed E-state index contributed by atoms with van der Waals surface area (Å²) >= 11 is 0. The number of pyridine rings is 1. The Balaban J connectivity index is 1.76. The van der Waals surface area contributed by atoms with Crippen LogP contribution in [-0.4, -0.2) is 4.98 Å². The van der Waals surface area contributed by atoms with Crippen LogP contribution in [0.25, 0.3) is 22.0 Å². The third kappa shape index (κ3) is 3.50. The van der Waals surface area contributed by atoms with Crippen LogP contribution in [0.3, 0.4) is 0 Å². The molecule has 0 aliphatic heterocycles. The largest absolute Gasteiger partial charge is 0.354 e. The molecule has 0 amide bonds. The summed E-state index contributed by atoms with van der Waals surface area (Å²) in [4.78, 5) is 4.79. The third-order valence-electron chi connectivity index (χ3n) is 5.16. The lowest BCUT2D eigenvalue weighted by molar-refractivity contribution is 0.586. The topological polar surface area (TPSA) is 24.9 Å². The highest BCUT2D eigenvalue weighted by Crippen LogP contribution is 2.34. The summed E-state index contributed by atoms with van der Waals surface area (Å²) in [5.74, 6) is 0. The first-order chi connectivity index (χ1) is 13.4. The number of nitrogens with one attached hydrogen (secondary N) is 1. The summed E-state index contributed by atoms with van der Waals surface area (Å²) < 4.78 is 0. The zero-order valence-corrected chi connectivity index (χ0v) is 17.0. The van der Waals surface area contributed by atoms with Gasteiger partial charge in [0.1, 0.15) is 0 Å². The van der Waals surface area contributed by atoms with Crippen molar-refractivity contribution in [2.45, 2.75) is 33.1 Å². The molecule has 0 saturated carbocycles. The molecule has 1 heterocycles. The summed E-state index contributed by atoms with van der Waals surface area (Å²) in [6.07, 6.45) is 1.94. The van der Waals surface area contributed by atoms with Crippen molar-refractivity contribution in [3.63, 3.8) is 0 Å². The maximum Gasteiger partial charge on any atom is 0.0781 e. The minimum Gasteiger partial charge on any atom is -0.354 e. The lowest BCUT2D eigenvalue weighted by Crippen LogP contribution is -2.13. The molecule has 4 rings (SSSR count). The van der Waals surface area contributed by atoms with Crippen molar-refractivity contribution >= 4 is 22.1 Å². The van der Waals surface area contributed by atoms with Crippen LogP contribution in [0.1, 0.15) is 31.9 Å². The van der Waals surface area contributed by atoms with Crippen LogP contribution in [0, 0.1) is 6.92 Å². The van der Waals surface area contributed by atoms with Crippen LogP contribution >= 0.6 is 0 Å². The second-order valence-electron chi connectivity index (χ2n) is 8.34. The van der Waals surface area contributed by atoms with Gasteiger partial charge in [-0.2, -0.15) is 0 Å². The molecular formula is C26H26N2. The molecule has 0 aliphatic carbocycles. The first-order valence-corrected chi connectivity index (χ1v) is 9.75. The molecule has 0 aliphatic rings. The maximum absolute atomic E-state index is 4.79. The van der Waals surface area contributed by atoms with E-state index in [-0.39, 0.29) is 5.41 Å².